The summed E-state index contributed by atoms with van der Waals surface area (Å²) in [6.07, 6.45) is 3.20. The fourth-order valence-electron chi connectivity index (χ4n) is 4.67. The van der Waals surface area contributed by atoms with Crippen LogP contribution in [-0.2, 0) is 0 Å². The maximum Gasteiger partial charge on any atom is 0.276 e. The third-order valence-corrected chi connectivity index (χ3v) is 10.4. The number of benzene rings is 3. The van der Waals surface area contributed by atoms with Crippen molar-refractivity contribution in [1.82, 2.24) is 0 Å². The average Bonchev–Trinajstić information content (AvgIpc) is 2.88. The molecule has 0 bridgehead atoms. The highest BCUT2D eigenvalue weighted by Gasteiger charge is 2.40. The lowest BCUT2D eigenvalue weighted by atomic mass is 9.89. The molecule has 1 atom stereocenters. The zero-order chi connectivity index (χ0) is 26.1. The summed E-state index contributed by atoms with van der Waals surface area (Å²) in [5, 5.41) is 2.72. The molecule has 36 heavy (non-hydrogen) atoms. The summed E-state index contributed by atoms with van der Waals surface area (Å²) in [5.74, 6) is 8.50. The van der Waals surface area contributed by atoms with Gasteiger partial charge in [-0.05, 0) is 63.4 Å². The molecule has 0 saturated carbocycles. The van der Waals surface area contributed by atoms with Gasteiger partial charge in [0.25, 0.3) is 8.07 Å². The molecule has 3 rings (SSSR count). The molecule has 0 saturated heterocycles. The van der Waals surface area contributed by atoms with Gasteiger partial charge in [0.15, 0.2) is 0 Å². The second-order valence-corrected chi connectivity index (χ2v) is 13.8. The van der Waals surface area contributed by atoms with E-state index in [0.29, 0.717) is 17.8 Å². The highest BCUT2D eigenvalue weighted by atomic mass is 28.3. The monoisotopic (exact) mass is 490 g/mol. The van der Waals surface area contributed by atoms with Crippen LogP contribution >= 0.6 is 0 Å². The summed E-state index contributed by atoms with van der Waals surface area (Å²) < 4.78 is 0. The largest absolute Gasteiger partial charge is 0.276 e. The fourth-order valence-corrected chi connectivity index (χ4v) is 8.56. The molecule has 0 N–H and O–H groups in total. The molecule has 0 nitrogen and oxygen atoms in total. The predicted octanol–water partition coefficient (Wildman–Crippen LogP) is 7.94. The molecule has 1 heteroatoms. The van der Waals surface area contributed by atoms with Crippen LogP contribution in [0.2, 0.25) is 0 Å². The SMILES string of the molecule is CCCCC#C[Si](C#Cc1ccccc1)(c1ccccc1)c1c(C(C)C)cc(C(C)C)cc1C(C)C. The normalized spacial score (nSPS) is 12.6. The van der Waals surface area contributed by atoms with Crippen LogP contribution in [0.5, 0.6) is 0 Å². The van der Waals surface area contributed by atoms with Gasteiger partial charge in [-0.2, -0.15) is 0 Å². The van der Waals surface area contributed by atoms with E-state index in [2.05, 4.69) is 144 Å². The van der Waals surface area contributed by atoms with Crippen LogP contribution in [0.3, 0.4) is 0 Å². The summed E-state index contributed by atoms with van der Waals surface area (Å²) in [4.78, 5) is 0. The first-order valence-electron chi connectivity index (χ1n) is 13.6. The maximum atomic E-state index is 3.93. The molecule has 0 heterocycles. The molecule has 186 valence electrons. The van der Waals surface area contributed by atoms with Crippen LogP contribution in [0, 0.1) is 22.9 Å². The summed E-state index contributed by atoms with van der Waals surface area (Å²) in [7, 11) is -2.78. The van der Waals surface area contributed by atoms with Crippen LogP contribution in [0.4, 0.5) is 0 Å². The Hall–Kier alpha value is -3.00. The van der Waals surface area contributed by atoms with Gasteiger partial charge in [-0.15, -0.1) is 11.5 Å². The predicted molar refractivity (Wildman–Crippen MR) is 161 cm³/mol. The smallest absolute Gasteiger partial charge is 0.108 e. The summed E-state index contributed by atoms with van der Waals surface area (Å²) >= 11 is 0. The van der Waals surface area contributed by atoms with Crippen molar-refractivity contribution in [3.8, 4) is 22.9 Å². The number of hydrogen-bond acceptors (Lipinski definition) is 0. The third-order valence-electron chi connectivity index (χ3n) is 6.81. The first-order valence-corrected chi connectivity index (χ1v) is 15.6. The minimum atomic E-state index is -2.78. The van der Waals surface area contributed by atoms with Gasteiger partial charge >= 0.3 is 0 Å². The second kappa shape index (κ2) is 12.8. The Morgan fingerprint density at radius 2 is 1.25 bits per heavy atom. The van der Waals surface area contributed by atoms with Crippen molar-refractivity contribution >= 4 is 18.4 Å². The van der Waals surface area contributed by atoms with E-state index in [9.17, 15) is 0 Å². The van der Waals surface area contributed by atoms with Crippen molar-refractivity contribution < 1.29 is 0 Å². The second-order valence-electron chi connectivity index (χ2n) is 10.7. The van der Waals surface area contributed by atoms with Crippen molar-refractivity contribution in [2.75, 3.05) is 0 Å². The van der Waals surface area contributed by atoms with E-state index >= 15 is 0 Å². The van der Waals surface area contributed by atoms with E-state index in [4.69, 9.17) is 0 Å². The summed E-state index contributed by atoms with van der Waals surface area (Å²) in [6, 6.07) is 26.3. The standard InChI is InChI=1S/C35H42Si/c1-8-9-10-17-23-36(32-20-15-12-16-21-32,24-22-30-18-13-11-14-19-30)35-33(28(4)5)25-31(27(2)3)26-34(35)29(6)7/h11-16,18-21,25-29H,8-10H2,1-7H3. The van der Waals surface area contributed by atoms with Crippen molar-refractivity contribution in [1.29, 1.82) is 0 Å². The molecule has 3 aromatic carbocycles. The van der Waals surface area contributed by atoms with Crippen molar-refractivity contribution in [2.45, 2.75) is 85.5 Å². The van der Waals surface area contributed by atoms with Crippen LogP contribution in [0.1, 0.15) is 108 Å². The molecule has 0 spiro atoms. The molecule has 0 aliphatic rings. The highest BCUT2D eigenvalue weighted by molar-refractivity contribution is 7.14. The van der Waals surface area contributed by atoms with Crippen molar-refractivity contribution in [3.05, 3.63) is 95.1 Å². The third kappa shape index (κ3) is 6.40. The van der Waals surface area contributed by atoms with E-state index in [0.717, 1.165) is 24.8 Å². The van der Waals surface area contributed by atoms with Gasteiger partial charge in [0.1, 0.15) is 0 Å². The molecule has 3 aromatic rings. The van der Waals surface area contributed by atoms with Crippen LogP contribution in [-0.4, -0.2) is 8.07 Å². The van der Waals surface area contributed by atoms with Gasteiger partial charge in [-0.1, -0.05) is 127 Å². The minimum Gasteiger partial charge on any atom is -0.108 e. The van der Waals surface area contributed by atoms with E-state index in [1.807, 2.05) is 0 Å². The van der Waals surface area contributed by atoms with E-state index in [1.165, 1.54) is 27.1 Å². The average molecular weight is 491 g/mol. The van der Waals surface area contributed by atoms with Crippen LogP contribution in [0.25, 0.3) is 0 Å². The molecule has 0 aliphatic heterocycles. The Labute approximate surface area is 221 Å². The summed E-state index contributed by atoms with van der Waals surface area (Å²) in [6.45, 7) is 16.1. The van der Waals surface area contributed by atoms with E-state index in [-0.39, 0.29) is 0 Å². The van der Waals surface area contributed by atoms with Gasteiger partial charge in [0, 0.05) is 12.0 Å². The van der Waals surface area contributed by atoms with Gasteiger partial charge in [-0.25, -0.2) is 0 Å². The lowest BCUT2D eigenvalue weighted by Crippen LogP contribution is -2.60. The number of unbranched alkanes of at least 4 members (excludes halogenated alkanes) is 2. The number of hydrogen-bond donors (Lipinski definition) is 0. The molecular weight excluding hydrogens is 448 g/mol. The van der Waals surface area contributed by atoms with Gasteiger partial charge in [-0.3, -0.25) is 0 Å². The lowest BCUT2D eigenvalue weighted by molar-refractivity contribution is 0.812. The molecule has 0 aromatic heterocycles. The van der Waals surface area contributed by atoms with Crippen molar-refractivity contribution in [2.24, 2.45) is 0 Å². The number of rotatable bonds is 7. The van der Waals surface area contributed by atoms with Gasteiger partial charge in [0.2, 0.25) is 0 Å². The molecule has 0 fully saturated rings. The zero-order valence-electron chi connectivity index (χ0n) is 23.3. The van der Waals surface area contributed by atoms with Crippen LogP contribution in [0.15, 0.2) is 72.8 Å². The molecular formula is C35H42Si. The molecule has 0 radical (unpaired) electrons. The first-order chi connectivity index (χ1) is 17.3. The minimum absolute atomic E-state index is 0.391. The van der Waals surface area contributed by atoms with Crippen LogP contribution < -0.4 is 10.4 Å². The van der Waals surface area contributed by atoms with Crippen molar-refractivity contribution in [3.63, 3.8) is 0 Å². The quantitative estimate of drug-likeness (QED) is 0.179. The van der Waals surface area contributed by atoms with Gasteiger partial charge in [0.05, 0.1) is 0 Å². The molecule has 0 aliphatic carbocycles. The maximum absolute atomic E-state index is 3.93. The Balaban J connectivity index is 2.49. The highest BCUT2D eigenvalue weighted by Crippen LogP contribution is 2.28. The van der Waals surface area contributed by atoms with E-state index < -0.39 is 8.07 Å². The zero-order valence-corrected chi connectivity index (χ0v) is 24.3. The molecule has 1 unspecified atom stereocenters. The fraction of sp³-hybridized carbons (Fsp3) is 0.371. The van der Waals surface area contributed by atoms with Gasteiger partial charge < -0.3 is 0 Å². The lowest BCUT2D eigenvalue weighted by Gasteiger charge is -2.31. The molecule has 0 amide bonds. The Bertz CT molecular complexity index is 1210. The topological polar surface area (TPSA) is 0 Å². The summed E-state index contributed by atoms with van der Waals surface area (Å²) in [5.41, 5.74) is 13.2. The Morgan fingerprint density at radius 3 is 1.75 bits per heavy atom. The first kappa shape index (κ1) is 27.6. The van der Waals surface area contributed by atoms with E-state index in [1.54, 1.807) is 0 Å². The Kier molecular flexibility index (Phi) is 9.81. The Morgan fingerprint density at radius 1 is 0.694 bits per heavy atom.